The van der Waals surface area contributed by atoms with Crippen LogP contribution in [0.1, 0.15) is 33.2 Å². The zero-order valence-electron chi connectivity index (χ0n) is 20.0. The second-order valence-electron chi connectivity index (χ2n) is 8.26. The number of esters is 1. The van der Waals surface area contributed by atoms with Gasteiger partial charge in [0, 0.05) is 37.8 Å². The van der Waals surface area contributed by atoms with Crippen LogP contribution in [0, 0.1) is 10.1 Å². The van der Waals surface area contributed by atoms with Gasteiger partial charge in [0.1, 0.15) is 18.0 Å². The molecule has 0 saturated carbocycles. The Labute approximate surface area is 209 Å². The second kappa shape index (κ2) is 11.4. The van der Waals surface area contributed by atoms with Gasteiger partial charge in [-0.2, -0.15) is 0 Å². The molecule has 1 fully saturated rings. The Balaban J connectivity index is 1.40. The van der Waals surface area contributed by atoms with Crippen molar-refractivity contribution in [1.29, 1.82) is 0 Å². The molecule has 0 aliphatic carbocycles. The van der Waals surface area contributed by atoms with E-state index in [-0.39, 0.29) is 23.8 Å². The van der Waals surface area contributed by atoms with E-state index in [1.165, 1.54) is 12.1 Å². The van der Waals surface area contributed by atoms with Crippen molar-refractivity contribution < 1.29 is 24.0 Å². The lowest BCUT2D eigenvalue weighted by molar-refractivity contribution is -0.384. The SMILES string of the molecule is CCOC(=O)c1ccc(N2CCN(C(=O)c3cccc(OCc4ccccc4)c3)CC2)c([N+](=O)[O-])c1. The van der Waals surface area contributed by atoms with Gasteiger partial charge < -0.3 is 19.3 Å². The Bertz CT molecular complexity index is 1240. The number of rotatable bonds is 8. The van der Waals surface area contributed by atoms with Crippen molar-refractivity contribution in [3.05, 3.63) is 99.6 Å². The molecule has 9 nitrogen and oxygen atoms in total. The molecule has 0 radical (unpaired) electrons. The Morgan fingerprint density at radius 2 is 1.67 bits per heavy atom. The van der Waals surface area contributed by atoms with Crippen LogP contribution >= 0.6 is 0 Å². The van der Waals surface area contributed by atoms with Crippen LogP contribution in [0.15, 0.2) is 72.8 Å². The monoisotopic (exact) mass is 489 g/mol. The van der Waals surface area contributed by atoms with Crippen LogP contribution in [0.3, 0.4) is 0 Å². The molecule has 1 saturated heterocycles. The highest BCUT2D eigenvalue weighted by Crippen LogP contribution is 2.30. The lowest BCUT2D eigenvalue weighted by Gasteiger charge is -2.36. The van der Waals surface area contributed by atoms with Crippen LogP contribution in [0.2, 0.25) is 0 Å². The van der Waals surface area contributed by atoms with E-state index in [2.05, 4.69) is 0 Å². The van der Waals surface area contributed by atoms with Gasteiger partial charge in [-0.15, -0.1) is 0 Å². The predicted octanol–water partition coefficient (Wildman–Crippen LogP) is 4.31. The molecule has 0 spiro atoms. The third-order valence-electron chi connectivity index (χ3n) is 5.92. The highest BCUT2D eigenvalue weighted by molar-refractivity contribution is 5.95. The maximum atomic E-state index is 13.1. The van der Waals surface area contributed by atoms with Crippen molar-refractivity contribution in [1.82, 2.24) is 4.90 Å². The summed E-state index contributed by atoms with van der Waals surface area (Å²) in [5.74, 6) is -0.106. The van der Waals surface area contributed by atoms with Gasteiger partial charge in [-0.1, -0.05) is 36.4 Å². The van der Waals surface area contributed by atoms with Crippen molar-refractivity contribution in [2.75, 3.05) is 37.7 Å². The minimum atomic E-state index is -0.599. The number of benzene rings is 3. The van der Waals surface area contributed by atoms with Crippen LogP contribution in [0.5, 0.6) is 5.75 Å². The van der Waals surface area contributed by atoms with Crippen molar-refractivity contribution in [2.24, 2.45) is 0 Å². The van der Waals surface area contributed by atoms with Crippen molar-refractivity contribution in [3.8, 4) is 5.75 Å². The van der Waals surface area contributed by atoms with Crippen LogP contribution in [-0.2, 0) is 11.3 Å². The summed E-state index contributed by atoms with van der Waals surface area (Å²) in [5.41, 5.74) is 1.95. The smallest absolute Gasteiger partial charge is 0.338 e. The minimum absolute atomic E-state index is 0.119. The topological polar surface area (TPSA) is 102 Å². The number of anilines is 1. The predicted molar refractivity (Wildman–Crippen MR) is 134 cm³/mol. The van der Waals surface area contributed by atoms with Crippen molar-refractivity contribution >= 4 is 23.3 Å². The highest BCUT2D eigenvalue weighted by Gasteiger charge is 2.27. The fraction of sp³-hybridized carbons (Fsp3) is 0.259. The molecule has 1 heterocycles. The number of carbonyl (C=O) groups is 2. The summed E-state index contributed by atoms with van der Waals surface area (Å²) in [5, 5.41) is 11.7. The maximum absolute atomic E-state index is 13.1. The van der Waals surface area contributed by atoms with E-state index in [1.54, 1.807) is 36.1 Å². The fourth-order valence-corrected chi connectivity index (χ4v) is 4.07. The zero-order valence-corrected chi connectivity index (χ0v) is 20.0. The first-order chi connectivity index (χ1) is 17.5. The van der Waals surface area contributed by atoms with Crippen LogP contribution in [-0.4, -0.2) is 54.5 Å². The first-order valence-corrected chi connectivity index (χ1v) is 11.7. The second-order valence-corrected chi connectivity index (χ2v) is 8.26. The molecule has 0 aromatic heterocycles. The Morgan fingerprint density at radius 3 is 2.36 bits per heavy atom. The van der Waals surface area contributed by atoms with Crippen LogP contribution in [0.25, 0.3) is 0 Å². The molecule has 4 rings (SSSR count). The maximum Gasteiger partial charge on any atom is 0.338 e. The molecular formula is C27H27N3O6. The molecule has 1 amide bonds. The van der Waals surface area contributed by atoms with E-state index < -0.39 is 10.9 Å². The molecule has 1 aliphatic rings. The van der Waals surface area contributed by atoms with Crippen molar-refractivity contribution in [2.45, 2.75) is 13.5 Å². The Morgan fingerprint density at radius 1 is 0.917 bits per heavy atom. The van der Waals surface area contributed by atoms with Gasteiger partial charge in [0.2, 0.25) is 0 Å². The first kappa shape index (κ1) is 24.7. The molecule has 3 aromatic rings. The molecule has 0 unspecified atom stereocenters. The minimum Gasteiger partial charge on any atom is -0.489 e. The number of hydrogen-bond acceptors (Lipinski definition) is 7. The third kappa shape index (κ3) is 5.80. The number of nitrogens with zero attached hydrogens (tertiary/aromatic N) is 3. The van der Waals surface area contributed by atoms with Crippen LogP contribution < -0.4 is 9.64 Å². The lowest BCUT2D eigenvalue weighted by atomic mass is 10.1. The number of nitro benzene ring substituents is 1. The Hall–Kier alpha value is -4.40. The summed E-state index contributed by atoms with van der Waals surface area (Å²) < 4.78 is 10.8. The molecule has 1 aliphatic heterocycles. The molecule has 0 bridgehead atoms. The molecule has 3 aromatic carbocycles. The quantitative estimate of drug-likeness (QED) is 0.264. The van der Waals surface area contributed by atoms with Crippen molar-refractivity contribution in [3.63, 3.8) is 0 Å². The van der Waals surface area contributed by atoms with E-state index >= 15 is 0 Å². The number of piperazine rings is 1. The summed E-state index contributed by atoms with van der Waals surface area (Å²) in [6, 6.07) is 21.2. The van der Waals surface area contributed by atoms with E-state index in [0.717, 1.165) is 5.56 Å². The summed E-state index contributed by atoms with van der Waals surface area (Å²) >= 11 is 0. The lowest BCUT2D eigenvalue weighted by Crippen LogP contribution is -2.49. The molecule has 0 N–H and O–H groups in total. The van der Waals surface area contributed by atoms with E-state index in [1.807, 2.05) is 41.3 Å². The van der Waals surface area contributed by atoms with Gasteiger partial charge in [0.25, 0.3) is 11.6 Å². The standard InChI is InChI=1S/C27H27N3O6/c1-2-35-27(32)22-11-12-24(25(18-22)30(33)34)28-13-15-29(16-14-28)26(31)21-9-6-10-23(17-21)36-19-20-7-4-3-5-8-20/h3-12,17-18H,2,13-16,19H2,1H3. The molecule has 186 valence electrons. The summed E-state index contributed by atoms with van der Waals surface area (Å²) in [6.45, 7) is 3.94. The number of ether oxygens (including phenoxy) is 2. The van der Waals surface area contributed by atoms with Gasteiger partial charge in [0.05, 0.1) is 17.1 Å². The largest absolute Gasteiger partial charge is 0.489 e. The van der Waals surface area contributed by atoms with Gasteiger partial charge >= 0.3 is 5.97 Å². The van der Waals surface area contributed by atoms with Gasteiger partial charge in [-0.3, -0.25) is 14.9 Å². The first-order valence-electron chi connectivity index (χ1n) is 11.7. The van der Waals surface area contributed by atoms with E-state index in [9.17, 15) is 19.7 Å². The highest BCUT2D eigenvalue weighted by atomic mass is 16.6. The summed E-state index contributed by atoms with van der Waals surface area (Å²) in [4.78, 5) is 39.9. The fourth-order valence-electron chi connectivity index (χ4n) is 4.07. The van der Waals surface area contributed by atoms with Crippen LogP contribution in [0.4, 0.5) is 11.4 Å². The van der Waals surface area contributed by atoms with Gasteiger partial charge in [-0.05, 0) is 42.8 Å². The number of carbonyl (C=O) groups excluding carboxylic acids is 2. The van der Waals surface area contributed by atoms with Gasteiger partial charge in [-0.25, -0.2) is 4.79 Å². The van der Waals surface area contributed by atoms with E-state index in [4.69, 9.17) is 9.47 Å². The number of amides is 1. The molecular weight excluding hydrogens is 462 g/mol. The molecule has 0 atom stereocenters. The average Bonchev–Trinajstić information content (AvgIpc) is 2.92. The average molecular weight is 490 g/mol. The summed E-state index contributed by atoms with van der Waals surface area (Å²) in [7, 11) is 0. The third-order valence-corrected chi connectivity index (χ3v) is 5.92. The zero-order chi connectivity index (χ0) is 25.5. The summed E-state index contributed by atoms with van der Waals surface area (Å²) in [6.07, 6.45) is 0. The number of hydrogen-bond donors (Lipinski definition) is 0. The van der Waals surface area contributed by atoms with Gasteiger partial charge in [0.15, 0.2) is 0 Å². The Kier molecular flexibility index (Phi) is 7.79. The van der Waals surface area contributed by atoms with E-state index in [0.29, 0.717) is 49.8 Å². The molecule has 36 heavy (non-hydrogen) atoms. The molecule has 9 heteroatoms. The number of nitro groups is 1. The normalized spacial score (nSPS) is 13.2.